The Labute approximate surface area is 118 Å². The third-order valence-electron chi connectivity index (χ3n) is 3.56. The van der Waals surface area contributed by atoms with Gasteiger partial charge in [0, 0.05) is 12.1 Å². The summed E-state index contributed by atoms with van der Waals surface area (Å²) in [6, 6.07) is 1.39. The van der Waals surface area contributed by atoms with Crippen molar-refractivity contribution in [3.05, 3.63) is 28.3 Å². The number of sulfone groups is 1. The molecule has 0 unspecified atom stereocenters. The van der Waals surface area contributed by atoms with Crippen molar-refractivity contribution in [2.45, 2.75) is 25.9 Å². The van der Waals surface area contributed by atoms with Crippen LogP contribution in [0.2, 0.25) is 0 Å². The quantitative estimate of drug-likeness (QED) is 0.795. The number of rotatable bonds is 5. The second-order valence-electron chi connectivity index (χ2n) is 4.90. The Hall–Kier alpha value is -1.34. The minimum atomic E-state index is -2.92. The highest BCUT2D eigenvalue weighted by Crippen LogP contribution is 2.19. The van der Waals surface area contributed by atoms with Crippen LogP contribution in [-0.4, -0.2) is 44.5 Å². The van der Waals surface area contributed by atoms with Gasteiger partial charge >= 0.3 is 0 Å². The molecule has 0 radical (unpaired) electrons. The largest absolute Gasteiger partial charge is 0.490 e. The molecule has 1 fully saturated rings. The van der Waals surface area contributed by atoms with Crippen molar-refractivity contribution in [1.82, 2.24) is 4.90 Å². The summed E-state index contributed by atoms with van der Waals surface area (Å²) in [6.45, 7) is 3.10. The lowest BCUT2D eigenvalue weighted by atomic mass is 10.2. The topological polar surface area (TPSA) is 76.8 Å². The smallest absolute Gasteiger partial charge is 0.227 e. The zero-order chi connectivity index (χ0) is 14.8. The Morgan fingerprint density at radius 3 is 2.75 bits per heavy atom. The van der Waals surface area contributed by atoms with Crippen molar-refractivity contribution in [2.75, 3.05) is 25.2 Å². The minimum Gasteiger partial charge on any atom is -0.490 e. The molecule has 2 rings (SSSR count). The van der Waals surface area contributed by atoms with Crippen LogP contribution in [0.25, 0.3) is 0 Å². The van der Waals surface area contributed by atoms with Gasteiger partial charge in [0.15, 0.2) is 9.84 Å². The molecule has 0 amide bonds. The van der Waals surface area contributed by atoms with Crippen molar-refractivity contribution < 1.29 is 17.6 Å². The second kappa shape index (κ2) is 5.97. The number of hydrogen-bond donors (Lipinski definition) is 0. The van der Waals surface area contributed by atoms with Crippen LogP contribution in [0.15, 0.2) is 21.5 Å². The van der Waals surface area contributed by atoms with Crippen molar-refractivity contribution in [3.63, 3.8) is 0 Å². The van der Waals surface area contributed by atoms with Gasteiger partial charge in [-0.25, -0.2) is 8.42 Å². The van der Waals surface area contributed by atoms with Gasteiger partial charge in [-0.2, -0.15) is 0 Å². The summed E-state index contributed by atoms with van der Waals surface area (Å²) in [5.74, 6) is 1.10. The maximum Gasteiger partial charge on any atom is 0.227 e. The fourth-order valence-corrected chi connectivity index (χ4v) is 4.19. The highest BCUT2D eigenvalue weighted by atomic mass is 32.2. The first kappa shape index (κ1) is 15.1. The summed E-state index contributed by atoms with van der Waals surface area (Å²) in [4.78, 5) is 13.7. The van der Waals surface area contributed by atoms with Crippen LogP contribution < -0.4 is 10.2 Å². The minimum absolute atomic E-state index is 0.00240. The van der Waals surface area contributed by atoms with Crippen LogP contribution in [0.3, 0.4) is 0 Å². The van der Waals surface area contributed by atoms with Gasteiger partial charge < -0.3 is 9.15 Å². The van der Waals surface area contributed by atoms with E-state index in [9.17, 15) is 13.2 Å². The Bertz CT molecular complexity index is 622. The summed E-state index contributed by atoms with van der Waals surface area (Å²) in [5, 5.41) is 0. The summed E-state index contributed by atoms with van der Waals surface area (Å²) in [5.41, 5.74) is -0.233. The standard InChI is InChI=1S/C13H19NO5S/c1-3-14(10-4-5-20(16,17)9-10)7-11-6-12(15)13(18-2)8-19-11/h6,8,10H,3-5,7,9H2,1-2H3/t10-/m1/s1. The molecule has 1 atom stereocenters. The van der Waals surface area contributed by atoms with E-state index in [2.05, 4.69) is 0 Å². The van der Waals surface area contributed by atoms with Crippen molar-refractivity contribution in [1.29, 1.82) is 0 Å². The number of hydrogen-bond acceptors (Lipinski definition) is 6. The molecular weight excluding hydrogens is 282 g/mol. The Kier molecular flexibility index (Phi) is 4.49. The maximum atomic E-state index is 11.7. The van der Waals surface area contributed by atoms with E-state index in [-0.39, 0.29) is 28.7 Å². The summed E-state index contributed by atoms with van der Waals surface area (Å²) in [7, 11) is -1.51. The monoisotopic (exact) mass is 301 g/mol. The molecule has 0 aromatic carbocycles. The van der Waals surface area contributed by atoms with E-state index in [1.165, 1.54) is 19.4 Å². The molecule has 1 aliphatic heterocycles. The molecule has 112 valence electrons. The SMILES string of the molecule is CCN(Cc1cc(=O)c(OC)co1)[C@@H]1CCS(=O)(=O)C1. The number of nitrogens with zero attached hydrogens (tertiary/aromatic N) is 1. The van der Waals surface area contributed by atoms with Gasteiger partial charge in [0.25, 0.3) is 0 Å². The van der Waals surface area contributed by atoms with Gasteiger partial charge in [0.05, 0.1) is 25.2 Å². The molecule has 0 aliphatic carbocycles. The maximum absolute atomic E-state index is 11.7. The van der Waals surface area contributed by atoms with Gasteiger partial charge in [-0.3, -0.25) is 9.69 Å². The summed E-state index contributed by atoms with van der Waals surface area (Å²) < 4.78 is 33.3. The summed E-state index contributed by atoms with van der Waals surface area (Å²) >= 11 is 0. The first-order valence-corrected chi connectivity index (χ1v) is 8.37. The first-order chi connectivity index (χ1) is 9.45. The van der Waals surface area contributed by atoms with Crippen LogP contribution in [-0.2, 0) is 16.4 Å². The van der Waals surface area contributed by atoms with Crippen molar-refractivity contribution in [2.24, 2.45) is 0 Å². The zero-order valence-electron chi connectivity index (χ0n) is 11.7. The normalized spacial score (nSPS) is 21.2. The van der Waals surface area contributed by atoms with Gasteiger partial charge in [0.1, 0.15) is 12.0 Å². The predicted octanol–water partition coefficient (Wildman–Crippen LogP) is 0.657. The summed E-state index contributed by atoms with van der Waals surface area (Å²) in [6.07, 6.45) is 1.92. The number of ether oxygens (including phenoxy) is 1. The van der Waals surface area contributed by atoms with E-state index in [0.717, 1.165) is 0 Å². The molecule has 20 heavy (non-hydrogen) atoms. The fraction of sp³-hybridized carbons (Fsp3) is 0.615. The molecule has 0 spiro atoms. The van der Waals surface area contributed by atoms with Gasteiger partial charge in [-0.05, 0) is 13.0 Å². The van der Waals surface area contributed by atoms with Gasteiger partial charge in [-0.1, -0.05) is 6.92 Å². The van der Waals surface area contributed by atoms with Gasteiger partial charge in [0.2, 0.25) is 11.2 Å². The molecule has 1 aliphatic rings. The molecule has 0 bridgehead atoms. The molecular formula is C13H19NO5S. The molecule has 0 saturated carbocycles. The highest BCUT2D eigenvalue weighted by Gasteiger charge is 2.31. The zero-order valence-corrected chi connectivity index (χ0v) is 12.5. The third-order valence-corrected chi connectivity index (χ3v) is 5.31. The van der Waals surface area contributed by atoms with Crippen LogP contribution in [0.1, 0.15) is 19.1 Å². The van der Waals surface area contributed by atoms with E-state index in [1.54, 1.807) is 0 Å². The number of methoxy groups -OCH3 is 1. The molecule has 1 aromatic heterocycles. The lowest BCUT2D eigenvalue weighted by Gasteiger charge is -2.25. The third kappa shape index (κ3) is 3.40. The first-order valence-electron chi connectivity index (χ1n) is 6.55. The predicted molar refractivity (Wildman–Crippen MR) is 74.7 cm³/mol. The van der Waals surface area contributed by atoms with Crippen LogP contribution >= 0.6 is 0 Å². The lowest BCUT2D eigenvalue weighted by Crippen LogP contribution is -2.35. The van der Waals surface area contributed by atoms with E-state index in [1.807, 2.05) is 11.8 Å². The van der Waals surface area contributed by atoms with Crippen LogP contribution in [0, 0.1) is 0 Å². The van der Waals surface area contributed by atoms with Crippen molar-refractivity contribution >= 4 is 9.84 Å². The molecule has 1 saturated heterocycles. The Balaban J connectivity index is 2.11. The van der Waals surface area contributed by atoms with Crippen LogP contribution in [0.5, 0.6) is 5.75 Å². The molecule has 2 heterocycles. The van der Waals surface area contributed by atoms with E-state index in [0.29, 0.717) is 25.3 Å². The van der Waals surface area contributed by atoms with Crippen LogP contribution in [0.4, 0.5) is 0 Å². The molecule has 1 aromatic rings. The fourth-order valence-electron chi connectivity index (χ4n) is 2.43. The average molecular weight is 301 g/mol. The molecule has 0 N–H and O–H groups in total. The second-order valence-corrected chi connectivity index (χ2v) is 7.13. The van der Waals surface area contributed by atoms with Crippen molar-refractivity contribution in [3.8, 4) is 5.75 Å². The lowest BCUT2D eigenvalue weighted by molar-refractivity contribution is 0.195. The van der Waals surface area contributed by atoms with E-state index < -0.39 is 9.84 Å². The molecule has 6 nitrogen and oxygen atoms in total. The van der Waals surface area contributed by atoms with E-state index in [4.69, 9.17) is 9.15 Å². The Morgan fingerprint density at radius 1 is 1.50 bits per heavy atom. The van der Waals surface area contributed by atoms with Gasteiger partial charge in [-0.15, -0.1) is 0 Å². The Morgan fingerprint density at radius 2 is 2.25 bits per heavy atom. The van der Waals surface area contributed by atoms with E-state index >= 15 is 0 Å². The highest BCUT2D eigenvalue weighted by molar-refractivity contribution is 7.91. The average Bonchev–Trinajstić information content (AvgIpc) is 2.76. The molecule has 7 heteroatoms.